The van der Waals surface area contributed by atoms with Gasteiger partial charge in [0.15, 0.2) is 0 Å². The number of nitriles is 1. The number of halogens is 1. The Hall–Kier alpha value is -2.39. The van der Waals surface area contributed by atoms with Crippen molar-refractivity contribution in [2.45, 2.75) is 24.4 Å². The Labute approximate surface area is 151 Å². The number of hydroxylamine groups is 1. The molecule has 0 saturated heterocycles. The lowest BCUT2D eigenvalue weighted by atomic mass is 9.91. The average Bonchev–Trinajstić information content (AvgIpc) is 2.66. The number of nitrogens with one attached hydrogen (secondary N) is 2. The topological polar surface area (TPSA) is 74.1 Å². The Bertz CT molecular complexity index is 819. The molecule has 2 N–H and O–H groups in total. The molecule has 2 unspecified atom stereocenters. The fourth-order valence-electron chi connectivity index (χ4n) is 2.74. The normalized spacial score (nSPS) is 18.5. The summed E-state index contributed by atoms with van der Waals surface area (Å²) in [4.78, 5) is 17.6. The molecule has 0 bridgehead atoms. The van der Waals surface area contributed by atoms with Crippen LogP contribution in [0.25, 0.3) is 0 Å². The number of fused-ring (bicyclic) bond motifs is 1. The third-order valence-corrected chi connectivity index (χ3v) is 4.67. The number of alkyl halides is 1. The highest BCUT2D eigenvalue weighted by atomic mass is 35.5. The zero-order valence-corrected chi connectivity index (χ0v) is 14.5. The lowest BCUT2D eigenvalue weighted by Gasteiger charge is -2.27. The summed E-state index contributed by atoms with van der Waals surface area (Å²) in [6.07, 6.45) is 0.883. The first-order valence-corrected chi connectivity index (χ1v) is 8.42. The van der Waals surface area contributed by atoms with Crippen LogP contribution in [0.2, 0.25) is 0 Å². The summed E-state index contributed by atoms with van der Waals surface area (Å²) in [5, 5.41) is 12.8. The summed E-state index contributed by atoms with van der Waals surface area (Å²) in [6, 6.07) is 16.5. The second-order valence-corrected chi connectivity index (χ2v) is 6.46. The largest absolute Gasteiger partial charge is 0.297 e. The van der Waals surface area contributed by atoms with Gasteiger partial charge in [0.2, 0.25) is 5.60 Å². The van der Waals surface area contributed by atoms with Gasteiger partial charge in [-0.2, -0.15) is 5.26 Å². The zero-order chi connectivity index (χ0) is 17.9. The molecule has 2 aromatic carbocycles. The van der Waals surface area contributed by atoms with Crippen LogP contribution in [0.4, 0.5) is 0 Å². The van der Waals surface area contributed by atoms with Crippen LogP contribution < -0.4 is 10.8 Å². The van der Waals surface area contributed by atoms with E-state index in [2.05, 4.69) is 16.9 Å². The zero-order valence-electron chi connectivity index (χ0n) is 13.8. The minimum atomic E-state index is -1.33. The van der Waals surface area contributed by atoms with Gasteiger partial charge >= 0.3 is 0 Å². The van der Waals surface area contributed by atoms with Crippen LogP contribution >= 0.6 is 11.6 Å². The summed E-state index contributed by atoms with van der Waals surface area (Å²) in [5.41, 5.74) is 3.92. The molecule has 1 heterocycles. The van der Waals surface area contributed by atoms with Crippen LogP contribution in [-0.2, 0) is 16.9 Å². The monoisotopic (exact) mass is 355 g/mol. The Morgan fingerprint density at radius 3 is 2.84 bits per heavy atom. The Kier molecular flexibility index (Phi) is 5.05. The van der Waals surface area contributed by atoms with Crippen molar-refractivity contribution >= 4 is 17.5 Å². The van der Waals surface area contributed by atoms with Gasteiger partial charge in [0, 0.05) is 17.7 Å². The van der Waals surface area contributed by atoms with E-state index >= 15 is 0 Å². The molecule has 0 fully saturated rings. The van der Waals surface area contributed by atoms with Gasteiger partial charge in [0.05, 0.1) is 0 Å². The highest BCUT2D eigenvalue weighted by molar-refractivity contribution is 6.20. The van der Waals surface area contributed by atoms with Crippen molar-refractivity contribution in [1.82, 2.24) is 10.8 Å². The van der Waals surface area contributed by atoms with Crippen LogP contribution in [0.1, 0.15) is 39.5 Å². The summed E-state index contributed by atoms with van der Waals surface area (Å²) >= 11 is 6.32. The molecule has 1 aliphatic rings. The van der Waals surface area contributed by atoms with Crippen LogP contribution in [-0.4, -0.2) is 12.5 Å². The Morgan fingerprint density at radius 2 is 2.12 bits per heavy atom. The number of nitrogens with zero attached hydrogens (tertiary/aromatic N) is 1. The van der Waals surface area contributed by atoms with E-state index in [-0.39, 0.29) is 5.50 Å². The van der Waals surface area contributed by atoms with Gasteiger partial charge in [0.25, 0.3) is 5.91 Å². The first-order valence-electron chi connectivity index (χ1n) is 7.99. The molecule has 2 aromatic rings. The van der Waals surface area contributed by atoms with Crippen molar-refractivity contribution in [1.29, 1.82) is 5.26 Å². The van der Waals surface area contributed by atoms with Crippen molar-refractivity contribution in [3.8, 4) is 6.07 Å². The molecule has 0 saturated carbocycles. The molecular formula is C19H18ClN3O2. The van der Waals surface area contributed by atoms with Gasteiger partial charge < -0.3 is 0 Å². The van der Waals surface area contributed by atoms with Crippen molar-refractivity contribution in [3.05, 3.63) is 70.8 Å². The van der Waals surface area contributed by atoms with Crippen molar-refractivity contribution < 1.29 is 9.63 Å². The SMILES string of the molecule is CC(C#N)(ONC(=O)c1ccccc1)c1ccc2c(c1)C(Cl)NCC2. The fraction of sp³-hybridized carbons (Fsp3) is 0.263. The van der Waals surface area contributed by atoms with E-state index in [1.165, 1.54) is 0 Å². The number of benzene rings is 2. The number of amides is 1. The van der Waals surface area contributed by atoms with E-state index in [4.69, 9.17) is 16.4 Å². The van der Waals surface area contributed by atoms with Gasteiger partial charge in [0.1, 0.15) is 11.6 Å². The van der Waals surface area contributed by atoms with Crippen molar-refractivity contribution in [3.63, 3.8) is 0 Å². The van der Waals surface area contributed by atoms with Crippen LogP contribution in [0, 0.1) is 11.3 Å². The fourth-order valence-corrected chi connectivity index (χ4v) is 3.05. The molecule has 0 spiro atoms. The molecular weight excluding hydrogens is 338 g/mol. The number of hydrogen-bond acceptors (Lipinski definition) is 4. The van der Waals surface area contributed by atoms with Crippen LogP contribution in [0.3, 0.4) is 0 Å². The standard InChI is InChI=1S/C19H18ClN3O2/c1-19(12-21,25-23-18(24)14-5-3-2-4-6-14)15-8-7-13-9-10-22-17(20)16(13)11-15/h2-8,11,17,22H,9-10H2,1H3,(H,23,24). The van der Waals surface area contributed by atoms with E-state index in [0.29, 0.717) is 11.1 Å². The van der Waals surface area contributed by atoms with Gasteiger partial charge in [-0.05, 0) is 42.7 Å². The highest BCUT2D eigenvalue weighted by Gasteiger charge is 2.31. The lowest BCUT2D eigenvalue weighted by molar-refractivity contribution is -0.0513. The molecule has 6 heteroatoms. The smallest absolute Gasteiger partial charge is 0.274 e. The molecule has 3 rings (SSSR count). The van der Waals surface area contributed by atoms with Crippen LogP contribution in [0.5, 0.6) is 0 Å². The second kappa shape index (κ2) is 7.24. The van der Waals surface area contributed by atoms with Gasteiger partial charge in [-0.3, -0.25) is 10.1 Å². The highest BCUT2D eigenvalue weighted by Crippen LogP contribution is 2.31. The summed E-state index contributed by atoms with van der Waals surface area (Å²) in [5.74, 6) is -0.406. The number of rotatable bonds is 4. The third kappa shape index (κ3) is 3.67. The number of carbonyl (C=O) groups is 1. The predicted octanol–water partition coefficient (Wildman–Crippen LogP) is 3.17. The van der Waals surface area contributed by atoms with E-state index in [1.54, 1.807) is 31.2 Å². The van der Waals surface area contributed by atoms with E-state index < -0.39 is 11.5 Å². The van der Waals surface area contributed by atoms with Gasteiger partial charge in [-0.15, -0.1) is 11.6 Å². The first kappa shape index (κ1) is 17.4. The molecule has 0 aliphatic carbocycles. The lowest BCUT2D eigenvalue weighted by Crippen LogP contribution is -2.36. The minimum Gasteiger partial charge on any atom is -0.297 e. The van der Waals surface area contributed by atoms with E-state index in [1.807, 2.05) is 24.3 Å². The number of carbonyl (C=O) groups excluding carboxylic acids is 1. The predicted molar refractivity (Wildman–Crippen MR) is 94.7 cm³/mol. The number of hydrogen-bond donors (Lipinski definition) is 2. The second-order valence-electron chi connectivity index (χ2n) is 6.02. The average molecular weight is 356 g/mol. The van der Waals surface area contributed by atoms with Gasteiger partial charge in [-0.25, -0.2) is 10.3 Å². The molecule has 0 aromatic heterocycles. The molecule has 128 valence electrons. The summed E-state index contributed by atoms with van der Waals surface area (Å²) < 4.78 is 0. The van der Waals surface area contributed by atoms with Crippen LogP contribution in [0.15, 0.2) is 48.5 Å². The molecule has 0 radical (unpaired) electrons. The van der Waals surface area contributed by atoms with Gasteiger partial charge in [-0.1, -0.05) is 30.3 Å². The Balaban J connectivity index is 1.80. The maximum Gasteiger partial charge on any atom is 0.274 e. The van der Waals surface area contributed by atoms with E-state index in [9.17, 15) is 10.1 Å². The molecule has 1 aliphatic heterocycles. The van der Waals surface area contributed by atoms with Crippen molar-refractivity contribution in [2.24, 2.45) is 0 Å². The molecule has 5 nitrogen and oxygen atoms in total. The van der Waals surface area contributed by atoms with E-state index in [0.717, 1.165) is 24.1 Å². The van der Waals surface area contributed by atoms with Crippen molar-refractivity contribution in [2.75, 3.05) is 6.54 Å². The maximum absolute atomic E-state index is 12.1. The maximum atomic E-state index is 12.1. The molecule has 2 atom stereocenters. The molecule has 25 heavy (non-hydrogen) atoms. The third-order valence-electron chi connectivity index (χ3n) is 4.28. The Morgan fingerprint density at radius 1 is 1.36 bits per heavy atom. The quantitative estimate of drug-likeness (QED) is 0.502. The molecule has 1 amide bonds. The summed E-state index contributed by atoms with van der Waals surface area (Å²) in [7, 11) is 0. The minimum absolute atomic E-state index is 0.300. The first-order chi connectivity index (χ1) is 12.0. The summed E-state index contributed by atoms with van der Waals surface area (Å²) in [6.45, 7) is 2.43.